The van der Waals surface area contributed by atoms with E-state index in [1.165, 1.54) is 54.9 Å². The molecule has 4 nitrogen and oxygen atoms in total. The highest BCUT2D eigenvalue weighted by Crippen LogP contribution is 2.42. The molecule has 0 bridgehead atoms. The van der Waals surface area contributed by atoms with Crippen molar-refractivity contribution in [1.29, 1.82) is 0 Å². The first-order chi connectivity index (χ1) is 26.2. The predicted molar refractivity (Wildman–Crippen MR) is 219 cm³/mol. The normalized spacial score (nSPS) is 13.8. The predicted octanol–water partition coefficient (Wildman–Crippen LogP) is 13.3. The van der Waals surface area contributed by atoms with Crippen LogP contribution in [0.2, 0.25) is 0 Å². The summed E-state index contributed by atoms with van der Waals surface area (Å²) in [6, 6.07) is 56.3. The van der Waals surface area contributed by atoms with Gasteiger partial charge in [0.25, 0.3) is 0 Å². The van der Waals surface area contributed by atoms with Gasteiger partial charge in [-0.1, -0.05) is 91.0 Å². The van der Waals surface area contributed by atoms with Gasteiger partial charge in [-0.25, -0.2) is 4.98 Å². The lowest BCUT2D eigenvalue weighted by atomic mass is 10.0. The minimum atomic E-state index is 0.622. The number of allylic oxidation sites excluding steroid dienone is 6. The number of nitrogens with zero attached hydrogens (tertiary/aromatic N) is 3. The Balaban J connectivity index is 1.00. The van der Waals surface area contributed by atoms with E-state index in [1.54, 1.807) is 0 Å². The molecule has 0 atom stereocenters. The van der Waals surface area contributed by atoms with Gasteiger partial charge in [0.1, 0.15) is 5.52 Å². The van der Waals surface area contributed by atoms with Gasteiger partial charge < -0.3 is 13.9 Å². The van der Waals surface area contributed by atoms with E-state index in [0.717, 1.165) is 52.3 Å². The van der Waals surface area contributed by atoms with Gasteiger partial charge in [0.2, 0.25) is 5.89 Å². The van der Waals surface area contributed by atoms with Crippen LogP contribution >= 0.6 is 0 Å². The molecule has 250 valence electrons. The number of oxazole rings is 1. The van der Waals surface area contributed by atoms with Gasteiger partial charge in [-0.05, 0) is 131 Å². The maximum absolute atomic E-state index is 6.11. The molecule has 0 spiro atoms. The zero-order chi connectivity index (χ0) is 34.9. The molecule has 0 radical (unpaired) electrons. The van der Waals surface area contributed by atoms with Gasteiger partial charge in [-0.2, -0.15) is 0 Å². The third-order valence-corrected chi connectivity index (χ3v) is 10.9. The van der Waals surface area contributed by atoms with Crippen LogP contribution in [0.1, 0.15) is 18.4 Å². The highest BCUT2D eigenvalue weighted by Gasteiger charge is 2.20. The number of rotatable bonds is 6. The number of hydrogen-bond donors (Lipinski definition) is 0. The molecule has 2 aliphatic rings. The van der Waals surface area contributed by atoms with E-state index in [1.807, 2.05) is 24.3 Å². The van der Waals surface area contributed by atoms with Crippen LogP contribution in [-0.4, -0.2) is 9.55 Å². The summed E-state index contributed by atoms with van der Waals surface area (Å²) in [5.41, 5.74) is 14.9. The number of aromatic nitrogens is 2. The van der Waals surface area contributed by atoms with E-state index in [-0.39, 0.29) is 0 Å². The van der Waals surface area contributed by atoms with Crippen LogP contribution in [0.15, 0.2) is 192 Å². The van der Waals surface area contributed by atoms with Crippen molar-refractivity contribution in [1.82, 2.24) is 9.55 Å². The fourth-order valence-electron chi connectivity index (χ4n) is 8.33. The zero-order valence-corrected chi connectivity index (χ0v) is 28.9. The third kappa shape index (κ3) is 4.87. The summed E-state index contributed by atoms with van der Waals surface area (Å²) in [7, 11) is 0. The second kappa shape index (κ2) is 11.8. The number of fused-ring (bicyclic) bond motifs is 6. The van der Waals surface area contributed by atoms with Gasteiger partial charge in [0.05, 0.1) is 11.0 Å². The van der Waals surface area contributed by atoms with Gasteiger partial charge in [-0.3, -0.25) is 0 Å². The molecule has 0 saturated heterocycles. The van der Waals surface area contributed by atoms with Crippen LogP contribution in [0.3, 0.4) is 0 Å². The summed E-state index contributed by atoms with van der Waals surface area (Å²) < 4.78 is 8.50. The van der Waals surface area contributed by atoms with Gasteiger partial charge in [0.15, 0.2) is 5.58 Å². The minimum absolute atomic E-state index is 0.622. The minimum Gasteiger partial charge on any atom is -0.436 e. The van der Waals surface area contributed by atoms with Crippen molar-refractivity contribution in [2.75, 3.05) is 4.90 Å². The van der Waals surface area contributed by atoms with E-state index in [4.69, 9.17) is 9.40 Å². The van der Waals surface area contributed by atoms with Crippen molar-refractivity contribution in [3.8, 4) is 17.1 Å². The molecule has 7 aromatic carbocycles. The molecule has 0 amide bonds. The summed E-state index contributed by atoms with van der Waals surface area (Å²) in [4.78, 5) is 7.07. The molecule has 11 rings (SSSR count). The van der Waals surface area contributed by atoms with Crippen molar-refractivity contribution >= 4 is 66.3 Å². The summed E-state index contributed by atoms with van der Waals surface area (Å²) in [5, 5.41) is 5.08. The van der Waals surface area contributed by atoms with Crippen molar-refractivity contribution in [2.24, 2.45) is 0 Å². The summed E-state index contributed by atoms with van der Waals surface area (Å²) in [5.74, 6) is 0.622. The molecule has 0 unspecified atom stereocenters. The van der Waals surface area contributed by atoms with E-state index in [0.29, 0.717) is 5.89 Å². The average molecular weight is 680 g/mol. The van der Waals surface area contributed by atoms with Crippen LogP contribution in [0, 0.1) is 0 Å². The monoisotopic (exact) mass is 679 g/mol. The molecule has 0 fully saturated rings. The van der Waals surface area contributed by atoms with E-state index >= 15 is 0 Å². The Morgan fingerprint density at radius 3 is 2.02 bits per heavy atom. The first-order valence-electron chi connectivity index (χ1n) is 18.2. The number of benzene rings is 7. The summed E-state index contributed by atoms with van der Waals surface area (Å²) in [6.07, 6.45) is 8.98. The lowest BCUT2D eigenvalue weighted by molar-refractivity contribution is 0.620. The Morgan fingerprint density at radius 2 is 1.25 bits per heavy atom. The van der Waals surface area contributed by atoms with E-state index < -0.39 is 0 Å². The number of hydrogen-bond acceptors (Lipinski definition) is 3. The lowest BCUT2D eigenvalue weighted by Crippen LogP contribution is -2.10. The van der Waals surface area contributed by atoms with Crippen molar-refractivity contribution < 1.29 is 4.42 Å². The van der Waals surface area contributed by atoms with Crippen molar-refractivity contribution in [3.63, 3.8) is 0 Å². The molecule has 2 aliphatic carbocycles. The van der Waals surface area contributed by atoms with E-state index in [2.05, 4.69) is 161 Å². The smallest absolute Gasteiger partial charge is 0.227 e. The largest absolute Gasteiger partial charge is 0.436 e. The first kappa shape index (κ1) is 29.8. The van der Waals surface area contributed by atoms with Crippen molar-refractivity contribution in [3.05, 3.63) is 193 Å². The zero-order valence-electron chi connectivity index (χ0n) is 28.9. The molecule has 9 aromatic rings. The standard InChI is InChI=1S/C49H33N3O/c1-2-11-42-33(8-1)20-29-46-48(42)43-12-3-5-14-45(43)52(46)41-27-25-40(26-28-41)51(38-21-16-32(17-22-38)37-30-35-9-7-10-36(35)31-37)39-23-18-34(19-24-39)49-50-44-13-4-6-15-47(44)53-49/h1-9,11-29,31H,10,30H2. The quantitative estimate of drug-likeness (QED) is 0.175. The third-order valence-electron chi connectivity index (χ3n) is 10.9. The highest BCUT2D eigenvalue weighted by atomic mass is 16.3. The van der Waals surface area contributed by atoms with Crippen LogP contribution < -0.4 is 4.90 Å². The first-order valence-corrected chi connectivity index (χ1v) is 18.2. The summed E-state index contributed by atoms with van der Waals surface area (Å²) in [6.45, 7) is 0. The fourth-order valence-corrected chi connectivity index (χ4v) is 8.33. The molecule has 0 saturated carbocycles. The van der Waals surface area contributed by atoms with Crippen LogP contribution in [0.25, 0.3) is 66.4 Å². The fraction of sp³-hybridized carbons (Fsp3) is 0.0408. The number of para-hydroxylation sites is 3. The Bertz CT molecular complexity index is 2940. The Morgan fingerprint density at radius 1 is 0.566 bits per heavy atom. The topological polar surface area (TPSA) is 34.2 Å². The lowest BCUT2D eigenvalue weighted by Gasteiger charge is -2.26. The van der Waals surface area contributed by atoms with Crippen molar-refractivity contribution in [2.45, 2.75) is 12.8 Å². The second-order valence-corrected chi connectivity index (χ2v) is 14.0. The van der Waals surface area contributed by atoms with Gasteiger partial charge in [0, 0.05) is 39.1 Å². The molecule has 2 aromatic heterocycles. The highest BCUT2D eigenvalue weighted by molar-refractivity contribution is 6.21. The molecule has 2 heterocycles. The molecular weight excluding hydrogens is 647 g/mol. The van der Waals surface area contributed by atoms with Gasteiger partial charge >= 0.3 is 0 Å². The SMILES string of the molecule is C1=CC2=C(C=C(c3ccc(N(c4ccc(-c5nc6ccccc6o5)cc4)c4ccc(-n5c6ccccc6c6c7ccccc7ccc65)cc4)cc3)C2)C1. The second-order valence-electron chi connectivity index (χ2n) is 14.0. The maximum Gasteiger partial charge on any atom is 0.227 e. The number of anilines is 3. The Hall–Kier alpha value is -6.91. The average Bonchev–Trinajstić information content (AvgIpc) is 4.01. The van der Waals surface area contributed by atoms with Crippen LogP contribution in [-0.2, 0) is 0 Å². The van der Waals surface area contributed by atoms with Crippen LogP contribution in [0.4, 0.5) is 17.1 Å². The Labute approximate surface area is 306 Å². The molecular formula is C49H33N3O. The summed E-state index contributed by atoms with van der Waals surface area (Å²) >= 11 is 0. The van der Waals surface area contributed by atoms with E-state index in [9.17, 15) is 0 Å². The maximum atomic E-state index is 6.11. The molecule has 0 N–H and O–H groups in total. The molecule has 0 aliphatic heterocycles. The van der Waals surface area contributed by atoms with Crippen LogP contribution in [0.5, 0.6) is 0 Å². The molecule has 4 heteroatoms. The Kier molecular flexibility index (Phi) is 6.65. The molecule has 53 heavy (non-hydrogen) atoms. The van der Waals surface area contributed by atoms with Gasteiger partial charge in [-0.15, -0.1) is 0 Å².